The quantitative estimate of drug-likeness (QED) is 0.589. The van der Waals surface area contributed by atoms with Crippen LogP contribution in [-0.4, -0.2) is 9.97 Å². The zero-order chi connectivity index (χ0) is 9.07. The smallest absolute Gasteiger partial charge is 0.115 e. The summed E-state index contributed by atoms with van der Waals surface area (Å²) < 4.78 is 0. The van der Waals surface area contributed by atoms with Crippen molar-refractivity contribution >= 4 is 0 Å². The summed E-state index contributed by atoms with van der Waals surface area (Å²) in [5.41, 5.74) is 9.85. The van der Waals surface area contributed by atoms with Crippen LogP contribution in [0.4, 0.5) is 0 Å². The maximum absolute atomic E-state index is 4.93. The first-order valence-electron chi connectivity index (χ1n) is 3.37. The number of hydrogen-bond acceptors (Lipinski definition) is 4. The molecule has 0 amide bonds. The minimum Gasteiger partial charge on any atom is -0.405 e. The van der Waals surface area contributed by atoms with Gasteiger partial charge in [0.15, 0.2) is 0 Å². The maximum Gasteiger partial charge on any atom is 0.115 e. The van der Waals surface area contributed by atoms with Crippen molar-refractivity contribution in [1.82, 2.24) is 9.97 Å². The number of hydrogen-bond donors (Lipinski definition) is 2. The highest BCUT2D eigenvalue weighted by Gasteiger charge is 1.59. The van der Waals surface area contributed by atoms with Crippen LogP contribution in [0.5, 0.6) is 0 Å². The molecular weight excluding hydrogens is 152 g/mol. The number of nitrogens with zero attached hydrogens (tertiary/aromatic N) is 2. The fourth-order valence-corrected chi connectivity index (χ4v) is 0.382. The number of allylic oxidation sites excluding steroid dienone is 2. The van der Waals surface area contributed by atoms with E-state index in [0.29, 0.717) is 0 Å². The molecule has 4 N–H and O–H groups in total. The van der Waals surface area contributed by atoms with E-state index in [1.807, 2.05) is 0 Å². The lowest BCUT2D eigenvalue weighted by Gasteiger charge is -1.70. The molecule has 0 saturated carbocycles. The summed E-state index contributed by atoms with van der Waals surface area (Å²) in [7, 11) is 0. The Morgan fingerprint density at radius 3 is 1.58 bits per heavy atom. The molecule has 12 heavy (non-hydrogen) atoms. The van der Waals surface area contributed by atoms with E-state index < -0.39 is 0 Å². The molecule has 0 saturated heterocycles. The van der Waals surface area contributed by atoms with Gasteiger partial charge in [0.25, 0.3) is 0 Å². The van der Waals surface area contributed by atoms with E-state index in [4.69, 9.17) is 11.5 Å². The van der Waals surface area contributed by atoms with Crippen LogP contribution in [0.25, 0.3) is 0 Å². The van der Waals surface area contributed by atoms with Crippen molar-refractivity contribution in [1.29, 1.82) is 0 Å². The van der Waals surface area contributed by atoms with E-state index in [1.54, 1.807) is 30.6 Å². The first-order chi connectivity index (χ1) is 5.91. The molecule has 0 aliphatic rings. The van der Waals surface area contributed by atoms with Crippen LogP contribution in [0, 0.1) is 0 Å². The molecule has 0 radical (unpaired) electrons. The molecule has 1 heterocycles. The molecule has 0 bridgehead atoms. The van der Waals surface area contributed by atoms with Crippen molar-refractivity contribution in [3.05, 3.63) is 49.3 Å². The molecule has 4 nitrogen and oxygen atoms in total. The molecule has 1 rings (SSSR count). The lowest BCUT2D eigenvalue weighted by Crippen LogP contribution is -1.75. The highest BCUT2D eigenvalue weighted by atomic mass is 14.8. The molecule has 0 spiro atoms. The Morgan fingerprint density at radius 1 is 0.917 bits per heavy atom. The first-order valence-corrected chi connectivity index (χ1v) is 3.37. The topological polar surface area (TPSA) is 77.8 Å². The Balaban J connectivity index is 0.000000202. The lowest BCUT2D eigenvalue weighted by molar-refractivity contribution is 1.17. The second-order valence-electron chi connectivity index (χ2n) is 1.67. The van der Waals surface area contributed by atoms with Crippen molar-refractivity contribution in [2.75, 3.05) is 0 Å². The van der Waals surface area contributed by atoms with E-state index in [9.17, 15) is 0 Å². The maximum atomic E-state index is 4.93. The number of nitrogens with two attached hydrogens (primary N) is 2. The monoisotopic (exact) mass is 164 g/mol. The van der Waals surface area contributed by atoms with Gasteiger partial charge in [-0.2, -0.15) is 0 Å². The Hall–Kier alpha value is -1.84. The van der Waals surface area contributed by atoms with E-state index in [0.717, 1.165) is 0 Å². The highest BCUT2D eigenvalue weighted by Crippen LogP contribution is 1.66. The van der Waals surface area contributed by atoms with Crippen molar-refractivity contribution in [3.8, 4) is 0 Å². The summed E-state index contributed by atoms with van der Waals surface area (Å²) >= 11 is 0. The molecule has 0 aromatic carbocycles. The van der Waals surface area contributed by atoms with Crippen molar-refractivity contribution < 1.29 is 0 Å². The molecule has 64 valence electrons. The van der Waals surface area contributed by atoms with E-state index in [2.05, 4.69) is 9.97 Å². The summed E-state index contributed by atoms with van der Waals surface area (Å²) in [6.45, 7) is 0. The van der Waals surface area contributed by atoms with Gasteiger partial charge in [-0.25, -0.2) is 9.97 Å². The van der Waals surface area contributed by atoms with Gasteiger partial charge in [0.2, 0.25) is 0 Å². The number of rotatable bonds is 1. The largest absolute Gasteiger partial charge is 0.405 e. The second-order valence-corrected chi connectivity index (χ2v) is 1.67. The van der Waals surface area contributed by atoms with Crippen LogP contribution < -0.4 is 11.5 Å². The molecule has 0 aliphatic heterocycles. The van der Waals surface area contributed by atoms with Gasteiger partial charge < -0.3 is 11.5 Å². The molecule has 0 aliphatic carbocycles. The fraction of sp³-hybridized carbons (Fsp3) is 0. The molecular formula is C8H12N4. The normalized spacial score (nSPS) is 9.67. The van der Waals surface area contributed by atoms with Gasteiger partial charge in [-0.3, -0.25) is 0 Å². The van der Waals surface area contributed by atoms with E-state index in [1.165, 1.54) is 18.7 Å². The van der Waals surface area contributed by atoms with Crippen molar-refractivity contribution in [2.24, 2.45) is 11.5 Å². The second kappa shape index (κ2) is 9.16. The molecule has 1 aromatic rings. The molecule has 1 aromatic heterocycles. The van der Waals surface area contributed by atoms with Crippen LogP contribution in [-0.2, 0) is 0 Å². The van der Waals surface area contributed by atoms with E-state index >= 15 is 0 Å². The van der Waals surface area contributed by atoms with Crippen LogP contribution in [0.2, 0.25) is 0 Å². The van der Waals surface area contributed by atoms with Gasteiger partial charge in [-0.1, -0.05) is 0 Å². The van der Waals surface area contributed by atoms with Crippen molar-refractivity contribution in [3.63, 3.8) is 0 Å². The van der Waals surface area contributed by atoms with Gasteiger partial charge in [-0.15, -0.1) is 0 Å². The van der Waals surface area contributed by atoms with Gasteiger partial charge >= 0.3 is 0 Å². The summed E-state index contributed by atoms with van der Waals surface area (Å²) in [6, 6.07) is 1.78. The highest BCUT2D eigenvalue weighted by molar-refractivity contribution is 4.97. The first kappa shape index (κ1) is 10.2. The van der Waals surface area contributed by atoms with E-state index in [-0.39, 0.29) is 0 Å². The van der Waals surface area contributed by atoms with Crippen LogP contribution in [0.15, 0.2) is 49.3 Å². The van der Waals surface area contributed by atoms with Crippen LogP contribution >= 0.6 is 0 Å². The van der Waals surface area contributed by atoms with Gasteiger partial charge in [0.1, 0.15) is 6.33 Å². The third-order valence-corrected chi connectivity index (χ3v) is 0.811. The SMILES string of the molecule is N/C=C\C=C/N.c1cncnc1. The Kier molecular flexibility index (Phi) is 7.76. The Labute approximate surface area is 71.6 Å². The molecule has 0 fully saturated rings. The zero-order valence-electron chi connectivity index (χ0n) is 6.67. The van der Waals surface area contributed by atoms with Crippen LogP contribution in [0.1, 0.15) is 0 Å². The minimum atomic E-state index is 1.42. The number of aromatic nitrogens is 2. The molecule has 0 atom stereocenters. The summed E-state index contributed by atoms with van der Waals surface area (Å²) in [5.74, 6) is 0. The predicted molar refractivity (Wildman–Crippen MR) is 48.7 cm³/mol. The Morgan fingerprint density at radius 2 is 1.42 bits per heavy atom. The summed E-state index contributed by atoms with van der Waals surface area (Å²) in [4.78, 5) is 7.35. The lowest BCUT2D eigenvalue weighted by atomic mass is 10.6. The van der Waals surface area contributed by atoms with Gasteiger partial charge in [0, 0.05) is 12.4 Å². The third-order valence-electron chi connectivity index (χ3n) is 0.811. The van der Waals surface area contributed by atoms with Crippen LogP contribution in [0.3, 0.4) is 0 Å². The zero-order valence-corrected chi connectivity index (χ0v) is 6.67. The average Bonchev–Trinajstić information content (AvgIpc) is 2.18. The molecule has 0 unspecified atom stereocenters. The Bertz CT molecular complexity index is 181. The minimum absolute atomic E-state index is 1.42. The third kappa shape index (κ3) is 8.16. The summed E-state index contributed by atoms with van der Waals surface area (Å²) in [5, 5.41) is 0. The summed E-state index contributed by atoms with van der Waals surface area (Å²) in [6.07, 6.45) is 11.0. The molecule has 4 heteroatoms. The standard InChI is InChI=1S/C4H4N2.C4H8N2/c1-2-5-4-6-3-1;5-3-1-2-4-6/h1-4H;1-4H,5-6H2/b;3-1-,4-2-. The van der Waals surface area contributed by atoms with Gasteiger partial charge in [-0.05, 0) is 30.6 Å². The predicted octanol–water partition coefficient (Wildman–Crippen LogP) is 0.408. The van der Waals surface area contributed by atoms with Crippen molar-refractivity contribution in [2.45, 2.75) is 0 Å². The fourth-order valence-electron chi connectivity index (χ4n) is 0.382. The van der Waals surface area contributed by atoms with Gasteiger partial charge in [0.05, 0.1) is 0 Å². The average molecular weight is 164 g/mol.